The quantitative estimate of drug-likeness (QED) is 0.677. The molecule has 0 radical (unpaired) electrons. The zero-order valence-corrected chi connectivity index (χ0v) is 14.3. The highest BCUT2D eigenvalue weighted by Gasteiger charge is 2.32. The average Bonchev–Trinajstić information content (AvgIpc) is 2.61. The van der Waals surface area contributed by atoms with Crippen LogP contribution in [0.1, 0.15) is 53.9 Å². The van der Waals surface area contributed by atoms with E-state index in [-0.39, 0.29) is 17.6 Å². The van der Waals surface area contributed by atoms with Gasteiger partial charge in [0.15, 0.2) is 5.78 Å². The third-order valence-corrected chi connectivity index (χ3v) is 5.14. The number of carbonyl (C=O) groups excluding carboxylic acids is 2. The smallest absolute Gasteiger partial charge is 0.163 e. The summed E-state index contributed by atoms with van der Waals surface area (Å²) in [6, 6.07) is 17.0. The van der Waals surface area contributed by atoms with Gasteiger partial charge in [-0.2, -0.15) is 0 Å². The summed E-state index contributed by atoms with van der Waals surface area (Å²) in [5, 5.41) is 0.619. The van der Waals surface area contributed by atoms with Crippen molar-refractivity contribution < 1.29 is 9.59 Å². The van der Waals surface area contributed by atoms with Crippen molar-refractivity contribution in [1.82, 2.24) is 0 Å². The molecule has 124 valence electrons. The molecule has 0 amide bonds. The standard InChI is InChI=1S/C21H21ClO2/c22-17-12-10-16(11-13-17)21(24)14-19(15-6-2-1-3-7-15)18-8-4-5-9-20(18)23/h1-3,6-7,10-13,18-19H,4-5,8-9,14H2/t18-,19+/m0/s1. The van der Waals surface area contributed by atoms with Crippen LogP contribution in [-0.2, 0) is 4.79 Å². The number of hydrogen-bond acceptors (Lipinski definition) is 2. The molecular weight excluding hydrogens is 320 g/mol. The Hall–Kier alpha value is -1.93. The van der Waals surface area contributed by atoms with Crippen LogP contribution in [0.15, 0.2) is 54.6 Å². The van der Waals surface area contributed by atoms with E-state index < -0.39 is 0 Å². The SMILES string of the molecule is O=C(C[C@H](c1ccccc1)[C@@H]1CCCCC1=O)c1ccc(Cl)cc1. The second-order valence-electron chi connectivity index (χ2n) is 6.47. The average molecular weight is 341 g/mol. The molecule has 2 nitrogen and oxygen atoms in total. The Morgan fingerprint density at radius 2 is 1.75 bits per heavy atom. The lowest BCUT2D eigenvalue weighted by Gasteiger charge is -2.29. The zero-order chi connectivity index (χ0) is 16.9. The first-order chi connectivity index (χ1) is 11.6. The van der Waals surface area contributed by atoms with Crippen molar-refractivity contribution in [2.75, 3.05) is 0 Å². The Balaban J connectivity index is 1.85. The van der Waals surface area contributed by atoms with Crippen LogP contribution in [0.25, 0.3) is 0 Å². The number of ketones is 2. The predicted molar refractivity (Wildman–Crippen MR) is 96.5 cm³/mol. The maximum absolute atomic E-state index is 12.7. The minimum atomic E-state index is -0.0441. The largest absolute Gasteiger partial charge is 0.299 e. The Morgan fingerprint density at radius 1 is 1.04 bits per heavy atom. The first-order valence-electron chi connectivity index (χ1n) is 8.51. The minimum Gasteiger partial charge on any atom is -0.299 e. The maximum Gasteiger partial charge on any atom is 0.163 e. The van der Waals surface area contributed by atoms with E-state index >= 15 is 0 Å². The van der Waals surface area contributed by atoms with Gasteiger partial charge in [-0.1, -0.05) is 48.4 Å². The summed E-state index contributed by atoms with van der Waals surface area (Å²) in [5.41, 5.74) is 1.74. The number of halogens is 1. The molecule has 1 aliphatic carbocycles. The van der Waals surface area contributed by atoms with Crippen molar-refractivity contribution in [2.45, 2.75) is 38.0 Å². The van der Waals surface area contributed by atoms with E-state index in [4.69, 9.17) is 11.6 Å². The van der Waals surface area contributed by atoms with Gasteiger partial charge >= 0.3 is 0 Å². The molecule has 24 heavy (non-hydrogen) atoms. The summed E-state index contributed by atoms with van der Waals surface area (Å²) in [7, 11) is 0. The lowest BCUT2D eigenvalue weighted by molar-refractivity contribution is -0.125. The van der Waals surface area contributed by atoms with Gasteiger partial charge in [-0.05, 0) is 42.7 Å². The topological polar surface area (TPSA) is 34.1 Å². The molecule has 0 unspecified atom stereocenters. The molecule has 0 heterocycles. The highest BCUT2D eigenvalue weighted by Crippen LogP contribution is 2.37. The molecule has 3 heteroatoms. The maximum atomic E-state index is 12.7. The third-order valence-electron chi connectivity index (χ3n) is 4.89. The lowest BCUT2D eigenvalue weighted by Crippen LogP contribution is -2.27. The van der Waals surface area contributed by atoms with Crippen LogP contribution in [0.2, 0.25) is 5.02 Å². The highest BCUT2D eigenvalue weighted by atomic mass is 35.5. The van der Waals surface area contributed by atoms with E-state index in [1.165, 1.54) is 0 Å². The van der Waals surface area contributed by atoms with Gasteiger partial charge in [-0.15, -0.1) is 0 Å². The second kappa shape index (κ2) is 7.76. The Morgan fingerprint density at radius 3 is 2.42 bits per heavy atom. The summed E-state index contributed by atoms with van der Waals surface area (Å²) < 4.78 is 0. The van der Waals surface area contributed by atoms with Gasteiger partial charge in [0, 0.05) is 35.3 Å². The van der Waals surface area contributed by atoms with Crippen LogP contribution in [0, 0.1) is 5.92 Å². The van der Waals surface area contributed by atoms with Crippen LogP contribution < -0.4 is 0 Å². The van der Waals surface area contributed by atoms with Crippen LogP contribution in [0.3, 0.4) is 0 Å². The molecule has 0 aromatic heterocycles. The molecule has 2 atom stereocenters. The number of benzene rings is 2. The molecule has 3 rings (SSSR count). The number of hydrogen-bond donors (Lipinski definition) is 0. The number of Topliss-reactive ketones (excluding diaryl/α,β-unsaturated/α-hetero) is 2. The van der Waals surface area contributed by atoms with Gasteiger partial charge < -0.3 is 0 Å². The zero-order valence-electron chi connectivity index (χ0n) is 13.6. The Labute approximate surface area is 147 Å². The molecule has 1 fully saturated rings. The summed E-state index contributed by atoms with van der Waals surface area (Å²) in [5.74, 6) is 0.289. The van der Waals surface area contributed by atoms with Gasteiger partial charge in [-0.25, -0.2) is 0 Å². The Kier molecular flexibility index (Phi) is 5.47. The van der Waals surface area contributed by atoms with E-state index in [0.29, 0.717) is 29.2 Å². The lowest BCUT2D eigenvalue weighted by atomic mass is 9.73. The van der Waals surface area contributed by atoms with E-state index in [1.807, 2.05) is 30.3 Å². The molecule has 1 aliphatic rings. The fourth-order valence-electron chi connectivity index (χ4n) is 3.58. The van der Waals surface area contributed by atoms with Gasteiger partial charge in [0.05, 0.1) is 0 Å². The summed E-state index contributed by atoms with van der Waals surface area (Å²) >= 11 is 5.90. The van der Waals surface area contributed by atoms with Crippen molar-refractivity contribution in [3.05, 3.63) is 70.7 Å². The van der Waals surface area contributed by atoms with Gasteiger partial charge in [0.2, 0.25) is 0 Å². The molecular formula is C21H21ClO2. The van der Waals surface area contributed by atoms with Crippen molar-refractivity contribution >= 4 is 23.2 Å². The number of carbonyl (C=O) groups is 2. The molecule has 1 saturated carbocycles. The van der Waals surface area contributed by atoms with Crippen LogP contribution in [0.4, 0.5) is 0 Å². The van der Waals surface area contributed by atoms with Crippen LogP contribution in [0.5, 0.6) is 0 Å². The summed E-state index contributed by atoms with van der Waals surface area (Å²) in [4.78, 5) is 25.2. The van der Waals surface area contributed by atoms with Crippen molar-refractivity contribution in [1.29, 1.82) is 0 Å². The number of rotatable bonds is 5. The normalized spacial score (nSPS) is 19.0. The van der Waals surface area contributed by atoms with Gasteiger partial charge in [0.1, 0.15) is 5.78 Å². The molecule has 0 saturated heterocycles. The molecule has 0 spiro atoms. The van der Waals surface area contributed by atoms with Crippen molar-refractivity contribution in [3.63, 3.8) is 0 Å². The van der Waals surface area contributed by atoms with E-state index in [1.54, 1.807) is 24.3 Å². The first-order valence-corrected chi connectivity index (χ1v) is 8.89. The Bertz CT molecular complexity index is 706. The van der Waals surface area contributed by atoms with E-state index in [0.717, 1.165) is 24.8 Å². The minimum absolute atomic E-state index is 0.0396. The summed E-state index contributed by atoms with van der Waals surface area (Å²) in [6.07, 6.45) is 3.92. The molecule has 2 aromatic carbocycles. The molecule has 0 bridgehead atoms. The summed E-state index contributed by atoms with van der Waals surface area (Å²) in [6.45, 7) is 0. The predicted octanol–water partition coefficient (Wildman–Crippen LogP) is 5.46. The van der Waals surface area contributed by atoms with E-state index in [2.05, 4.69) is 0 Å². The highest BCUT2D eigenvalue weighted by molar-refractivity contribution is 6.30. The van der Waals surface area contributed by atoms with Crippen molar-refractivity contribution in [3.8, 4) is 0 Å². The fourth-order valence-corrected chi connectivity index (χ4v) is 3.71. The van der Waals surface area contributed by atoms with Crippen molar-refractivity contribution in [2.24, 2.45) is 5.92 Å². The van der Waals surface area contributed by atoms with E-state index in [9.17, 15) is 9.59 Å². The second-order valence-corrected chi connectivity index (χ2v) is 6.91. The van der Waals surface area contributed by atoms with Gasteiger partial charge in [-0.3, -0.25) is 9.59 Å². The van der Waals surface area contributed by atoms with Crippen LogP contribution >= 0.6 is 11.6 Å². The van der Waals surface area contributed by atoms with Crippen LogP contribution in [-0.4, -0.2) is 11.6 Å². The van der Waals surface area contributed by atoms with Gasteiger partial charge in [0.25, 0.3) is 0 Å². The molecule has 0 aliphatic heterocycles. The third kappa shape index (κ3) is 3.93. The molecule has 0 N–H and O–H groups in total. The first kappa shape index (κ1) is 16.9. The molecule has 2 aromatic rings. The monoisotopic (exact) mass is 340 g/mol. The fraction of sp³-hybridized carbons (Fsp3) is 0.333.